The molecular formula is C16H23BrClNO2. The van der Waals surface area contributed by atoms with E-state index in [-0.39, 0.29) is 12.5 Å². The van der Waals surface area contributed by atoms with Crippen molar-refractivity contribution in [3.63, 3.8) is 0 Å². The second-order valence-corrected chi connectivity index (χ2v) is 7.14. The summed E-state index contributed by atoms with van der Waals surface area (Å²) in [5.74, 6) is 1.92. The maximum absolute atomic E-state index is 11.9. The number of carbonyl (C=O) groups is 1. The lowest BCUT2D eigenvalue weighted by molar-refractivity contribution is -0.123. The third-order valence-corrected chi connectivity index (χ3v) is 4.29. The van der Waals surface area contributed by atoms with Crippen LogP contribution in [0.15, 0.2) is 22.7 Å². The molecule has 0 aliphatic heterocycles. The number of hydrogen-bond donors (Lipinski definition) is 1. The van der Waals surface area contributed by atoms with Crippen molar-refractivity contribution in [3.05, 3.63) is 27.7 Å². The topological polar surface area (TPSA) is 38.3 Å². The minimum Gasteiger partial charge on any atom is -0.482 e. The molecule has 0 aromatic heterocycles. The highest BCUT2D eigenvalue weighted by Crippen LogP contribution is 2.27. The molecule has 0 bridgehead atoms. The molecule has 5 heteroatoms. The predicted molar refractivity (Wildman–Crippen MR) is 90.8 cm³/mol. The van der Waals surface area contributed by atoms with Gasteiger partial charge in [0, 0.05) is 11.0 Å². The number of benzene rings is 1. The van der Waals surface area contributed by atoms with Gasteiger partial charge in [0.15, 0.2) is 6.61 Å². The zero-order chi connectivity index (χ0) is 16.0. The van der Waals surface area contributed by atoms with E-state index in [9.17, 15) is 4.79 Å². The van der Waals surface area contributed by atoms with Crippen molar-refractivity contribution < 1.29 is 9.53 Å². The summed E-state index contributed by atoms with van der Waals surface area (Å²) in [4.78, 5) is 11.9. The quantitative estimate of drug-likeness (QED) is 0.759. The molecule has 0 saturated heterocycles. The molecule has 0 aliphatic rings. The van der Waals surface area contributed by atoms with Gasteiger partial charge in [-0.2, -0.15) is 0 Å². The highest BCUT2D eigenvalue weighted by atomic mass is 79.9. The summed E-state index contributed by atoms with van der Waals surface area (Å²) in [6, 6.07) is 5.31. The fraction of sp³-hybridized carbons (Fsp3) is 0.562. The third kappa shape index (κ3) is 6.27. The molecule has 0 heterocycles. The van der Waals surface area contributed by atoms with Crippen LogP contribution in [-0.2, 0) is 4.79 Å². The van der Waals surface area contributed by atoms with Gasteiger partial charge >= 0.3 is 0 Å². The summed E-state index contributed by atoms with van der Waals surface area (Å²) in [7, 11) is 0. The van der Waals surface area contributed by atoms with Gasteiger partial charge < -0.3 is 10.1 Å². The van der Waals surface area contributed by atoms with Crippen LogP contribution in [0.25, 0.3) is 0 Å². The molecule has 0 unspecified atom stereocenters. The molecule has 0 fully saturated rings. The number of hydrogen-bond acceptors (Lipinski definition) is 2. The van der Waals surface area contributed by atoms with Crippen LogP contribution in [0.3, 0.4) is 0 Å². The Morgan fingerprint density at radius 2 is 1.90 bits per heavy atom. The molecule has 0 saturated carbocycles. The molecule has 1 rings (SSSR count). The first-order valence-corrected chi connectivity index (χ1v) is 8.33. The van der Waals surface area contributed by atoms with Gasteiger partial charge in [0.25, 0.3) is 5.91 Å². The van der Waals surface area contributed by atoms with Crippen LogP contribution >= 0.6 is 27.5 Å². The van der Waals surface area contributed by atoms with E-state index in [0.717, 1.165) is 4.47 Å². The van der Waals surface area contributed by atoms with E-state index in [0.29, 0.717) is 35.1 Å². The van der Waals surface area contributed by atoms with Crippen molar-refractivity contribution in [1.29, 1.82) is 0 Å². The van der Waals surface area contributed by atoms with Gasteiger partial charge in [-0.25, -0.2) is 0 Å². The summed E-state index contributed by atoms with van der Waals surface area (Å²) in [6.45, 7) is 9.35. The number of rotatable bonds is 7. The Bertz CT molecular complexity index is 469. The Hall–Kier alpha value is -0.740. The minimum absolute atomic E-state index is 0.0235. The van der Waals surface area contributed by atoms with Crippen LogP contribution in [0.1, 0.15) is 27.7 Å². The van der Waals surface area contributed by atoms with Crippen molar-refractivity contribution in [3.8, 4) is 5.75 Å². The summed E-state index contributed by atoms with van der Waals surface area (Å²) in [5.41, 5.74) is 0. The fourth-order valence-corrected chi connectivity index (χ4v) is 2.99. The average Bonchev–Trinajstić information content (AvgIpc) is 2.37. The van der Waals surface area contributed by atoms with Gasteiger partial charge in [-0.05, 0) is 36.0 Å². The highest BCUT2D eigenvalue weighted by Gasteiger charge is 2.18. The summed E-state index contributed by atoms with van der Waals surface area (Å²) < 4.78 is 6.32. The molecule has 0 atom stereocenters. The van der Waals surface area contributed by atoms with Crippen LogP contribution in [-0.4, -0.2) is 19.1 Å². The van der Waals surface area contributed by atoms with Gasteiger partial charge in [0.05, 0.1) is 5.02 Å². The first kappa shape index (κ1) is 18.3. The molecule has 1 aromatic rings. The van der Waals surface area contributed by atoms with Gasteiger partial charge in [-0.1, -0.05) is 55.2 Å². The molecule has 0 radical (unpaired) electrons. The Morgan fingerprint density at radius 1 is 1.29 bits per heavy atom. The number of halogens is 2. The minimum atomic E-state index is -0.125. The molecular weight excluding hydrogens is 354 g/mol. The van der Waals surface area contributed by atoms with Crippen LogP contribution < -0.4 is 10.1 Å². The first-order chi connectivity index (χ1) is 9.81. The fourth-order valence-electron chi connectivity index (χ4n) is 2.26. The Balaban J connectivity index is 2.44. The van der Waals surface area contributed by atoms with Crippen LogP contribution in [0.4, 0.5) is 0 Å². The Kier molecular flexibility index (Phi) is 7.53. The number of nitrogens with one attached hydrogen (secondary N) is 1. The molecule has 1 amide bonds. The Labute approximate surface area is 140 Å². The smallest absolute Gasteiger partial charge is 0.257 e. The molecule has 21 heavy (non-hydrogen) atoms. The molecule has 1 aromatic carbocycles. The van der Waals surface area contributed by atoms with Crippen LogP contribution in [0, 0.1) is 17.8 Å². The van der Waals surface area contributed by atoms with Gasteiger partial charge in [0.2, 0.25) is 0 Å². The predicted octanol–water partition coefficient (Wildman–Crippen LogP) is 4.53. The molecule has 0 aliphatic carbocycles. The lowest BCUT2D eigenvalue weighted by Crippen LogP contribution is -2.36. The van der Waals surface area contributed by atoms with E-state index < -0.39 is 0 Å². The van der Waals surface area contributed by atoms with Gasteiger partial charge in [0.1, 0.15) is 5.75 Å². The monoisotopic (exact) mass is 375 g/mol. The lowest BCUT2D eigenvalue weighted by Gasteiger charge is -2.25. The summed E-state index contributed by atoms with van der Waals surface area (Å²) >= 11 is 9.36. The highest BCUT2D eigenvalue weighted by molar-refractivity contribution is 9.10. The van der Waals surface area contributed by atoms with E-state index in [1.54, 1.807) is 12.1 Å². The molecule has 3 nitrogen and oxygen atoms in total. The van der Waals surface area contributed by atoms with Crippen LogP contribution in [0.2, 0.25) is 5.02 Å². The normalized spacial score (nSPS) is 11.3. The van der Waals surface area contributed by atoms with E-state index >= 15 is 0 Å². The maximum Gasteiger partial charge on any atom is 0.257 e. The third-order valence-electron chi connectivity index (χ3n) is 3.50. The van der Waals surface area contributed by atoms with E-state index in [1.807, 2.05) is 6.07 Å². The average molecular weight is 377 g/mol. The van der Waals surface area contributed by atoms with Crippen molar-refractivity contribution >= 4 is 33.4 Å². The zero-order valence-electron chi connectivity index (χ0n) is 13.0. The largest absolute Gasteiger partial charge is 0.482 e. The molecule has 0 spiro atoms. The number of ether oxygens (including phenoxy) is 1. The second-order valence-electron chi connectivity index (χ2n) is 5.82. The SMILES string of the molecule is CC(C)C(CNC(=O)COc1ccc(Br)cc1Cl)C(C)C. The van der Waals surface area contributed by atoms with Crippen molar-refractivity contribution in [2.45, 2.75) is 27.7 Å². The number of amides is 1. The van der Waals surface area contributed by atoms with Crippen molar-refractivity contribution in [1.82, 2.24) is 5.32 Å². The van der Waals surface area contributed by atoms with Crippen molar-refractivity contribution in [2.24, 2.45) is 17.8 Å². The van der Waals surface area contributed by atoms with Crippen LogP contribution in [0.5, 0.6) is 5.75 Å². The summed E-state index contributed by atoms with van der Waals surface area (Å²) in [6.07, 6.45) is 0. The summed E-state index contributed by atoms with van der Waals surface area (Å²) in [5, 5.41) is 3.42. The second kappa shape index (κ2) is 8.64. The lowest BCUT2D eigenvalue weighted by atomic mass is 9.85. The zero-order valence-corrected chi connectivity index (χ0v) is 15.3. The van der Waals surface area contributed by atoms with Gasteiger partial charge in [-0.15, -0.1) is 0 Å². The van der Waals surface area contributed by atoms with E-state index in [4.69, 9.17) is 16.3 Å². The van der Waals surface area contributed by atoms with E-state index in [1.165, 1.54) is 0 Å². The molecule has 1 N–H and O–H groups in total. The van der Waals surface area contributed by atoms with Crippen molar-refractivity contribution in [2.75, 3.05) is 13.2 Å². The first-order valence-electron chi connectivity index (χ1n) is 7.15. The maximum atomic E-state index is 11.9. The number of carbonyl (C=O) groups excluding carboxylic acids is 1. The standard InChI is InChI=1S/C16H23BrClNO2/c1-10(2)13(11(3)4)8-19-16(20)9-21-15-6-5-12(17)7-14(15)18/h5-7,10-11,13H,8-9H2,1-4H3,(H,19,20). The van der Waals surface area contributed by atoms with Gasteiger partial charge in [-0.3, -0.25) is 4.79 Å². The Morgan fingerprint density at radius 3 is 2.43 bits per heavy atom. The van der Waals surface area contributed by atoms with E-state index in [2.05, 4.69) is 48.9 Å². The molecule has 118 valence electrons.